The second kappa shape index (κ2) is 7.39. The fraction of sp³-hybridized carbons (Fsp3) is 0.111. The first-order valence-electron chi connectivity index (χ1n) is 7.75. The number of aromatic amines is 1. The Bertz CT molecular complexity index is 967. The van der Waals surface area contributed by atoms with Crippen LogP contribution in [-0.4, -0.2) is 35.1 Å². The van der Waals surface area contributed by atoms with E-state index in [1.54, 1.807) is 48.5 Å². The molecule has 0 aliphatic heterocycles. The lowest BCUT2D eigenvalue weighted by Gasteiger charge is -2.08. The van der Waals surface area contributed by atoms with Gasteiger partial charge in [0.2, 0.25) is 0 Å². The monoisotopic (exact) mass is 336 g/mol. The van der Waals surface area contributed by atoms with Crippen molar-refractivity contribution in [2.45, 2.75) is 0 Å². The van der Waals surface area contributed by atoms with Crippen molar-refractivity contribution < 1.29 is 9.59 Å². The summed E-state index contributed by atoms with van der Waals surface area (Å²) in [5, 5.41) is 12.4. The molecule has 0 unspecified atom stereocenters. The molecule has 0 saturated heterocycles. The van der Waals surface area contributed by atoms with Gasteiger partial charge in [-0.2, -0.15) is 5.10 Å². The molecule has 126 valence electrons. The molecule has 0 bridgehead atoms. The van der Waals surface area contributed by atoms with E-state index in [1.807, 2.05) is 6.07 Å². The van der Waals surface area contributed by atoms with Crippen molar-refractivity contribution >= 4 is 22.6 Å². The third-order valence-electron chi connectivity index (χ3n) is 3.64. The van der Waals surface area contributed by atoms with Gasteiger partial charge in [0.25, 0.3) is 17.4 Å². The van der Waals surface area contributed by atoms with Gasteiger partial charge in [-0.3, -0.25) is 14.4 Å². The third kappa shape index (κ3) is 3.72. The summed E-state index contributed by atoms with van der Waals surface area (Å²) >= 11 is 0. The zero-order valence-electron chi connectivity index (χ0n) is 13.3. The van der Waals surface area contributed by atoms with Gasteiger partial charge in [0.1, 0.15) is 0 Å². The number of amides is 2. The van der Waals surface area contributed by atoms with Crippen LogP contribution in [0.2, 0.25) is 0 Å². The minimum atomic E-state index is -0.415. The molecular formula is C18H16N4O3. The van der Waals surface area contributed by atoms with Crippen LogP contribution in [0.15, 0.2) is 59.4 Å². The maximum Gasteiger partial charge on any atom is 0.272 e. The topological polar surface area (TPSA) is 104 Å². The molecule has 2 amide bonds. The lowest BCUT2D eigenvalue weighted by atomic mass is 10.1. The van der Waals surface area contributed by atoms with Gasteiger partial charge in [-0.05, 0) is 18.2 Å². The van der Waals surface area contributed by atoms with Crippen LogP contribution in [0, 0.1) is 0 Å². The number of carbonyl (C=O) groups excluding carboxylic acids is 2. The van der Waals surface area contributed by atoms with Crippen molar-refractivity contribution in [3.8, 4) is 0 Å². The number of carbonyl (C=O) groups is 2. The fourth-order valence-corrected chi connectivity index (χ4v) is 2.42. The Hall–Kier alpha value is -3.48. The quantitative estimate of drug-likeness (QED) is 0.607. The van der Waals surface area contributed by atoms with Crippen LogP contribution in [0.1, 0.15) is 20.8 Å². The van der Waals surface area contributed by atoms with E-state index in [9.17, 15) is 14.4 Å². The van der Waals surface area contributed by atoms with Gasteiger partial charge in [0.05, 0.1) is 5.39 Å². The van der Waals surface area contributed by atoms with E-state index in [1.165, 1.54) is 0 Å². The molecule has 0 aliphatic carbocycles. The van der Waals surface area contributed by atoms with Crippen LogP contribution >= 0.6 is 0 Å². The van der Waals surface area contributed by atoms with Crippen LogP contribution in [0.3, 0.4) is 0 Å². The number of H-pyrrole nitrogens is 1. The van der Waals surface area contributed by atoms with Crippen molar-refractivity contribution in [1.82, 2.24) is 20.8 Å². The van der Waals surface area contributed by atoms with E-state index >= 15 is 0 Å². The molecule has 25 heavy (non-hydrogen) atoms. The van der Waals surface area contributed by atoms with Gasteiger partial charge >= 0.3 is 0 Å². The SMILES string of the molecule is O=C(NCCNC(=O)c1n[nH]c(=O)c2ccccc12)c1ccccc1. The van der Waals surface area contributed by atoms with E-state index in [0.29, 0.717) is 16.3 Å². The zero-order valence-corrected chi connectivity index (χ0v) is 13.3. The van der Waals surface area contributed by atoms with E-state index in [0.717, 1.165) is 0 Å². The summed E-state index contributed by atoms with van der Waals surface area (Å²) in [6, 6.07) is 15.6. The van der Waals surface area contributed by atoms with Crippen molar-refractivity contribution in [2.24, 2.45) is 0 Å². The molecule has 7 heteroatoms. The smallest absolute Gasteiger partial charge is 0.272 e. The largest absolute Gasteiger partial charge is 0.350 e. The van der Waals surface area contributed by atoms with Crippen LogP contribution in [0.4, 0.5) is 0 Å². The summed E-state index contributed by atoms with van der Waals surface area (Å²) in [6.07, 6.45) is 0. The van der Waals surface area contributed by atoms with Gasteiger partial charge in [0.15, 0.2) is 5.69 Å². The minimum absolute atomic E-state index is 0.143. The first-order chi connectivity index (χ1) is 12.2. The van der Waals surface area contributed by atoms with Crippen molar-refractivity contribution in [3.05, 3.63) is 76.2 Å². The van der Waals surface area contributed by atoms with Crippen LogP contribution in [-0.2, 0) is 0 Å². The van der Waals surface area contributed by atoms with Gasteiger partial charge in [-0.25, -0.2) is 5.10 Å². The highest BCUT2D eigenvalue weighted by atomic mass is 16.2. The molecule has 0 atom stereocenters. The van der Waals surface area contributed by atoms with Crippen molar-refractivity contribution in [2.75, 3.05) is 13.1 Å². The summed E-state index contributed by atoms with van der Waals surface area (Å²) < 4.78 is 0. The molecule has 0 saturated carbocycles. The molecule has 0 radical (unpaired) electrons. The number of nitrogens with zero attached hydrogens (tertiary/aromatic N) is 1. The molecule has 3 N–H and O–H groups in total. The molecular weight excluding hydrogens is 320 g/mol. The number of aromatic nitrogens is 2. The molecule has 0 spiro atoms. The average molecular weight is 336 g/mol. The second-order valence-corrected chi connectivity index (χ2v) is 5.32. The molecule has 2 aromatic carbocycles. The van der Waals surface area contributed by atoms with Gasteiger partial charge in [0, 0.05) is 24.0 Å². The Morgan fingerprint density at radius 1 is 0.840 bits per heavy atom. The van der Waals surface area contributed by atoms with Gasteiger partial charge in [-0.15, -0.1) is 0 Å². The van der Waals surface area contributed by atoms with E-state index < -0.39 is 5.91 Å². The van der Waals surface area contributed by atoms with Crippen LogP contribution < -0.4 is 16.2 Å². The third-order valence-corrected chi connectivity index (χ3v) is 3.64. The van der Waals surface area contributed by atoms with Crippen molar-refractivity contribution in [1.29, 1.82) is 0 Å². The second-order valence-electron chi connectivity index (χ2n) is 5.32. The Labute approximate surface area is 143 Å². The van der Waals surface area contributed by atoms with Crippen LogP contribution in [0.5, 0.6) is 0 Å². The molecule has 3 rings (SSSR count). The zero-order chi connectivity index (χ0) is 17.6. The predicted octanol–water partition coefficient (Wildman–Crippen LogP) is 1.08. The lowest BCUT2D eigenvalue weighted by Crippen LogP contribution is -2.35. The van der Waals surface area contributed by atoms with Gasteiger partial charge < -0.3 is 10.6 Å². The summed E-state index contributed by atoms with van der Waals surface area (Å²) in [6.45, 7) is 0.521. The number of nitrogens with one attached hydrogen (secondary N) is 3. The lowest BCUT2D eigenvalue weighted by molar-refractivity contribution is 0.0925. The molecule has 1 heterocycles. The highest BCUT2D eigenvalue weighted by Gasteiger charge is 2.13. The molecule has 1 aromatic heterocycles. The van der Waals surface area contributed by atoms with Crippen molar-refractivity contribution in [3.63, 3.8) is 0 Å². The summed E-state index contributed by atoms with van der Waals surface area (Å²) in [5.74, 6) is -0.621. The normalized spacial score (nSPS) is 10.4. The number of fused-ring (bicyclic) bond motifs is 1. The minimum Gasteiger partial charge on any atom is -0.350 e. The number of rotatable bonds is 5. The molecule has 7 nitrogen and oxygen atoms in total. The molecule has 0 aliphatic rings. The summed E-state index contributed by atoms with van der Waals surface area (Å²) in [7, 11) is 0. The first kappa shape index (κ1) is 16.4. The number of hydrogen-bond donors (Lipinski definition) is 3. The Morgan fingerprint density at radius 2 is 1.44 bits per heavy atom. The fourth-order valence-electron chi connectivity index (χ4n) is 2.42. The van der Waals surface area contributed by atoms with Crippen LogP contribution in [0.25, 0.3) is 10.8 Å². The standard InChI is InChI=1S/C18H16N4O3/c23-16(12-6-2-1-3-7-12)19-10-11-20-18(25)15-13-8-4-5-9-14(13)17(24)22-21-15/h1-9H,10-11H2,(H,19,23)(H,20,25)(H,22,24). The average Bonchev–Trinajstić information content (AvgIpc) is 2.66. The Morgan fingerprint density at radius 3 is 2.16 bits per heavy atom. The highest BCUT2D eigenvalue weighted by Crippen LogP contribution is 2.11. The summed E-state index contributed by atoms with van der Waals surface area (Å²) in [4.78, 5) is 35.9. The molecule has 3 aromatic rings. The van der Waals surface area contributed by atoms with Gasteiger partial charge in [-0.1, -0.05) is 36.4 Å². The van der Waals surface area contributed by atoms with E-state index in [4.69, 9.17) is 0 Å². The maximum atomic E-state index is 12.3. The highest BCUT2D eigenvalue weighted by molar-refractivity contribution is 6.04. The first-order valence-corrected chi connectivity index (χ1v) is 7.75. The number of benzene rings is 2. The molecule has 0 fully saturated rings. The predicted molar refractivity (Wildman–Crippen MR) is 93.5 cm³/mol. The van der Waals surface area contributed by atoms with E-state index in [2.05, 4.69) is 20.8 Å². The number of hydrogen-bond acceptors (Lipinski definition) is 4. The summed E-state index contributed by atoms with van der Waals surface area (Å²) in [5.41, 5.74) is 0.356. The Balaban J connectivity index is 1.60. The Kier molecular flexibility index (Phi) is 4.84. The van der Waals surface area contributed by atoms with E-state index in [-0.39, 0.29) is 30.2 Å². The maximum absolute atomic E-state index is 12.3.